The lowest BCUT2D eigenvalue weighted by Gasteiger charge is -2.19. The Kier molecular flexibility index (Phi) is 2.72. The van der Waals surface area contributed by atoms with Crippen LogP contribution in [0, 0.1) is 0 Å². The number of rotatable bonds is 2. The molecule has 3 heteroatoms. The van der Waals surface area contributed by atoms with Crippen LogP contribution in [0.2, 0.25) is 0 Å². The summed E-state index contributed by atoms with van der Waals surface area (Å²) in [7, 11) is 0. The Morgan fingerprint density at radius 3 is 3.36 bits per heavy atom. The molecule has 11 heavy (non-hydrogen) atoms. The van der Waals surface area contributed by atoms with Crippen LogP contribution in [-0.4, -0.2) is 24.1 Å². The van der Waals surface area contributed by atoms with Gasteiger partial charge in [-0.2, -0.15) is 0 Å². The van der Waals surface area contributed by atoms with Crippen molar-refractivity contribution in [2.24, 2.45) is 4.99 Å². The fraction of sp³-hybridized carbons (Fsp3) is 0.375. The molecule has 0 amide bonds. The molecule has 0 aromatic heterocycles. The normalized spacial score (nSPS) is 16.1. The monoisotopic (exact) mass is 152 g/mol. The zero-order valence-electron chi connectivity index (χ0n) is 6.66. The van der Waals surface area contributed by atoms with Crippen LogP contribution >= 0.6 is 0 Å². The Hall–Kier alpha value is -1.25. The number of aliphatic imine (C=N–C) groups is 1. The zero-order chi connectivity index (χ0) is 8.10. The van der Waals surface area contributed by atoms with Crippen molar-refractivity contribution in [2.45, 2.75) is 6.92 Å². The molecule has 0 aromatic rings. The van der Waals surface area contributed by atoms with Crippen LogP contribution in [0.1, 0.15) is 6.92 Å². The molecule has 0 unspecified atom stereocenters. The van der Waals surface area contributed by atoms with Gasteiger partial charge in [0.25, 0.3) is 6.02 Å². The van der Waals surface area contributed by atoms with Crippen LogP contribution in [0.4, 0.5) is 0 Å². The van der Waals surface area contributed by atoms with Crippen LogP contribution < -0.4 is 0 Å². The Morgan fingerprint density at radius 2 is 2.73 bits per heavy atom. The number of ether oxygens (including phenoxy) is 1. The quantitative estimate of drug-likeness (QED) is 0.596. The van der Waals surface area contributed by atoms with Gasteiger partial charge in [-0.15, -0.1) is 0 Å². The molecule has 1 heterocycles. The van der Waals surface area contributed by atoms with Crippen molar-refractivity contribution in [1.29, 1.82) is 0 Å². The Morgan fingerprint density at radius 1 is 1.91 bits per heavy atom. The average Bonchev–Trinajstić information content (AvgIpc) is 2.06. The van der Waals surface area contributed by atoms with Gasteiger partial charge in [-0.3, -0.25) is 4.90 Å². The van der Waals surface area contributed by atoms with E-state index in [0.29, 0.717) is 19.2 Å². The predicted molar refractivity (Wildman–Crippen MR) is 45.1 cm³/mol. The van der Waals surface area contributed by atoms with Crippen molar-refractivity contribution in [1.82, 2.24) is 4.90 Å². The van der Waals surface area contributed by atoms with E-state index in [1.54, 1.807) is 11.1 Å². The first-order chi connectivity index (χ1) is 5.38. The lowest BCUT2D eigenvalue weighted by molar-refractivity contribution is 0.285. The van der Waals surface area contributed by atoms with Gasteiger partial charge in [-0.1, -0.05) is 6.58 Å². The van der Waals surface area contributed by atoms with Crippen LogP contribution in [0.25, 0.3) is 0 Å². The van der Waals surface area contributed by atoms with E-state index in [-0.39, 0.29) is 0 Å². The molecule has 1 aliphatic heterocycles. The maximum atomic E-state index is 5.24. The van der Waals surface area contributed by atoms with E-state index in [4.69, 9.17) is 4.74 Å². The van der Waals surface area contributed by atoms with E-state index in [2.05, 4.69) is 11.6 Å². The maximum Gasteiger partial charge on any atom is 0.295 e. The second kappa shape index (κ2) is 3.81. The van der Waals surface area contributed by atoms with Crippen molar-refractivity contribution in [2.75, 3.05) is 13.2 Å². The van der Waals surface area contributed by atoms with Crippen molar-refractivity contribution in [3.05, 3.63) is 25.1 Å². The summed E-state index contributed by atoms with van der Waals surface area (Å²) >= 11 is 0. The first-order valence-electron chi connectivity index (χ1n) is 3.63. The topological polar surface area (TPSA) is 24.8 Å². The zero-order valence-corrected chi connectivity index (χ0v) is 6.66. The van der Waals surface area contributed by atoms with Crippen molar-refractivity contribution in [3.8, 4) is 0 Å². The molecule has 1 rings (SSSR count). The Bertz CT molecular complexity index is 196. The van der Waals surface area contributed by atoms with Crippen LogP contribution in [0.15, 0.2) is 30.0 Å². The van der Waals surface area contributed by atoms with E-state index in [1.165, 1.54) is 0 Å². The lowest BCUT2D eigenvalue weighted by atomic mass is 10.5. The maximum absolute atomic E-state index is 5.24. The van der Waals surface area contributed by atoms with E-state index >= 15 is 0 Å². The van der Waals surface area contributed by atoms with Crippen LogP contribution in [-0.2, 0) is 4.74 Å². The summed E-state index contributed by atoms with van der Waals surface area (Å²) in [5, 5.41) is 0. The highest BCUT2D eigenvalue weighted by molar-refractivity contribution is 5.76. The number of nitrogens with zero attached hydrogens (tertiary/aromatic N) is 2. The molecule has 0 aromatic carbocycles. The standard InChI is InChI=1S/C8H12N2O/c1-3-10-7-5-6-9-8(10)11-4-2/h3,5,7H,1,4,6H2,2H3. The molecule has 3 nitrogen and oxygen atoms in total. The second-order valence-corrected chi connectivity index (χ2v) is 2.03. The van der Waals surface area contributed by atoms with E-state index in [1.807, 2.05) is 19.2 Å². The summed E-state index contributed by atoms with van der Waals surface area (Å²) in [6.07, 6.45) is 5.51. The van der Waals surface area contributed by atoms with Gasteiger partial charge in [0.2, 0.25) is 0 Å². The van der Waals surface area contributed by atoms with Gasteiger partial charge in [0.05, 0.1) is 13.2 Å². The third kappa shape index (κ3) is 1.83. The Balaban J connectivity index is 2.59. The van der Waals surface area contributed by atoms with Gasteiger partial charge >= 0.3 is 0 Å². The smallest absolute Gasteiger partial charge is 0.295 e. The molecule has 0 radical (unpaired) electrons. The highest BCUT2D eigenvalue weighted by atomic mass is 16.5. The minimum atomic E-state index is 0.630. The van der Waals surface area contributed by atoms with Crippen molar-refractivity contribution < 1.29 is 4.74 Å². The van der Waals surface area contributed by atoms with Crippen molar-refractivity contribution >= 4 is 6.02 Å². The molecule has 0 aliphatic carbocycles. The number of hydrogen-bond donors (Lipinski definition) is 0. The highest BCUT2D eigenvalue weighted by Gasteiger charge is 2.07. The molecule has 0 spiro atoms. The predicted octanol–water partition coefficient (Wildman–Crippen LogP) is 1.35. The summed E-state index contributed by atoms with van der Waals surface area (Å²) in [6.45, 7) is 6.89. The average molecular weight is 152 g/mol. The summed E-state index contributed by atoms with van der Waals surface area (Å²) in [4.78, 5) is 5.89. The van der Waals surface area contributed by atoms with E-state index in [0.717, 1.165) is 0 Å². The molecule has 60 valence electrons. The number of hydrogen-bond acceptors (Lipinski definition) is 3. The minimum absolute atomic E-state index is 0.630. The summed E-state index contributed by atoms with van der Waals surface area (Å²) in [5.74, 6) is 0. The fourth-order valence-corrected chi connectivity index (χ4v) is 0.825. The largest absolute Gasteiger partial charge is 0.465 e. The van der Waals surface area contributed by atoms with Gasteiger partial charge in [0.1, 0.15) is 0 Å². The van der Waals surface area contributed by atoms with Gasteiger partial charge < -0.3 is 4.74 Å². The third-order valence-corrected chi connectivity index (χ3v) is 1.29. The van der Waals surface area contributed by atoms with Crippen molar-refractivity contribution in [3.63, 3.8) is 0 Å². The summed E-state index contributed by atoms with van der Waals surface area (Å²) < 4.78 is 5.24. The number of amidine groups is 1. The summed E-state index contributed by atoms with van der Waals surface area (Å²) in [6, 6.07) is 0.630. The molecular weight excluding hydrogens is 140 g/mol. The third-order valence-electron chi connectivity index (χ3n) is 1.29. The molecule has 0 fully saturated rings. The van der Waals surface area contributed by atoms with Gasteiger partial charge in [0.15, 0.2) is 0 Å². The fourth-order valence-electron chi connectivity index (χ4n) is 0.825. The summed E-state index contributed by atoms with van der Waals surface area (Å²) in [5.41, 5.74) is 0. The SMILES string of the molecule is C=CN1C=CCN=C1OCC. The minimum Gasteiger partial charge on any atom is -0.465 e. The van der Waals surface area contributed by atoms with E-state index in [9.17, 15) is 0 Å². The second-order valence-electron chi connectivity index (χ2n) is 2.03. The van der Waals surface area contributed by atoms with Crippen LogP contribution in [0.3, 0.4) is 0 Å². The molecule has 0 saturated carbocycles. The first-order valence-corrected chi connectivity index (χ1v) is 3.63. The van der Waals surface area contributed by atoms with Gasteiger partial charge in [0, 0.05) is 12.4 Å². The highest BCUT2D eigenvalue weighted by Crippen LogP contribution is 2.01. The lowest BCUT2D eigenvalue weighted by Crippen LogP contribution is -2.25. The molecule has 0 atom stereocenters. The first kappa shape index (κ1) is 7.85. The Labute approximate surface area is 66.7 Å². The van der Waals surface area contributed by atoms with E-state index < -0.39 is 0 Å². The van der Waals surface area contributed by atoms with Crippen LogP contribution in [0.5, 0.6) is 0 Å². The molecule has 0 saturated heterocycles. The molecular formula is C8H12N2O. The van der Waals surface area contributed by atoms with Gasteiger partial charge in [-0.25, -0.2) is 4.99 Å². The van der Waals surface area contributed by atoms with Gasteiger partial charge in [-0.05, 0) is 13.0 Å². The molecule has 0 N–H and O–H groups in total. The molecule has 0 bridgehead atoms. The molecule has 1 aliphatic rings.